The number of amides is 1. The highest BCUT2D eigenvalue weighted by atomic mass is 16.3. The number of hydrogen-bond donors (Lipinski definition) is 3. The minimum atomic E-state index is -0.0937. The molecule has 18 heavy (non-hydrogen) atoms. The molecule has 0 spiro atoms. The molecule has 1 aromatic rings. The number of phenols is 1. The lowest BCUT2D eigenvalue weighted by molar-refractivity contribution is -0.116. The van der Waals surface area contributed by atoms with Gasteiger partial charge in [0.25, 0.3) is 0 Å². The maximum absolute atomic E-state index is 11.8. The Balaban J connectivity index is 2.70. The molecule has 4 heteroatoms. The Morgan fingerprint density at radius 3 is 2.67 bits per heavy atom. The Morgan fingerprint density at radius 1 is 1.39 bits per heavy atom. The van der Waals surface area contributed by atoms with E-state index in [1.54, 1.807) is 6.07 Å². The lowest BCUT2D eigenvalue weighted by Crippen LogP contribution is -2.30. The molecule has 1 rings (SSSR count). The fourth-order valence-corrected chi connectivity index (χ4v) is 1.96. The molecular weight excluding hydrogens is 228 g/mol. The number of hydrogen-bond acceptors (Lipinski definition) is 3. The van der Waals surface area contributed by atoms with Gasteiger partial charge in [-0.25, -0.2) is 0 Å². The second kappa shape index (κ2) is 6.40. The average molecular weight is 250 g/mol. The van der Waals surface area contributed by atoms with E-state index in [-0.39, 0.29) is 17.7 Å². The number of carbonyl (C=O) groups excluding carboxylic acids is 1. The molecular formula is C14H22N2O2. The van der Waals surface area contributed by atoms with Gasteiger partial charge in [-0.1, -0.05) is 13.0 Å². The molecule has 1 atom stereocenters. The molecule has 0 saturated heterocycles. The summed E-state index contributed by atoms with van der Waals surface area (Å²) >= 11 is 0. The zero-order valence-electron chi connectivity index (χ0n) is 11.5. The molecule has 100 valence electrons. The Morgan fingerprint density at radius 2 is 2.06 bits per heavy atom. The minimum absolute atomic E-state index is 0.0937. The van der Waals surface area contributed by atoms with E-state index in [0.29, 0.717) is 12.1 Å². The first-order valence-corrected chi connectivity index (χ1v) is 6.27. The van der Waals surface area contributed by atoms with Crippen molar-refractivity contribution in [2.24, 2.45) is 0 Å². The second-order valence-corrected chi connectivity index (χ2v) is 4.69. The number of aromatic hydroxyl groups is 1. The summed E-state index contributed by atoms with van der Waals surface area (Å²) in [6.07, 6.45) is 0.389. The predicted octanol–water partition coefficient (Wildman–Crippen LogP) is 2.34. The molecule has 1 amide bonds. The van der Waals surface area contributed by atoms with Gasteiger partial charge in [0.1, 0.15) is 5.75 Å². The van der Waals surface area contributed by atoms with E-state index >= 15 is 0 Å². The summed E-state index contributed by atoms with van der Waals surface area (Å²) in [5, 5.41) is 15.8. The van der Waals surface area contributed by atoms with Crippen LogP contribution in [0, 0.1) is 13.8 Å². The van der Waals surface area contributed by atoms with Crippen molar-refractivity contribution in [3.8, 4) is 5.75 Å². The van der Waals surface area contributed by atoms with Gasteiger partial charge in [-0.3, -0.25) is 4.79 Å². The summed E-state index contributed by atoms with van der Waals surface area (Å²) in [5.74, 6) is 0.0498. The standard InChI is InChI=1S/C14H22N2O2/c1-5-15-11(4)8-13(17)16-12-7-9(2)6-10(3)14(12)18/h6-7,11,15,18H,5,8H2,1-4H3,(H,16,17). The van der Waals surface area contributed by atoms with Crippen LogP contribution in [0.1, 0.15) is 31.4 Å². The molecule has 1 aromatic carbocycles. The largest absolute Gasteiger partial charge is 0.505 e. The van der Waals surface area contributed by atoms with Crippen LogP contribution < -0.4 is 10.6 Å². The maximum Gasteiger partial charge on any atom is 0.226 e. The minimum Gasteiger partial charge on any atom is -0.505 e. The van der Waals surface area contributed by atoms with Crippen molar-refractivity contribution in [3.05, 3.63) is 23.3 Å². The van der Waals surface area contributed by atoms with Gasteiger partial charge in [0.05, 0.1) is 5.69 Å². The lowest BCUT2D eigenvalue weighted by Gasteiger charge is -2.14. The molecule has 0 aliphatic carbocycles. The van der Waals surface area contributed by atoms with Gasteiger partial charge < -0.3 is 15.7 Å². The van der Waals surface area contributed by atoms with Crippen LogP contribution >= 0.6 is 0 Å². The van der Waals surface area contributed by atoms with E-state index < -0.39 is 0 Å². The van der Waals surface area contributed by atoms with Crippen LogP contribution in [0.3, 0.4) is 0 Å². The number of aryl methyl sites for hydroxylation is 2. The molecule has 0 bridgehead atoms. The van der Waals surface area contributed by atoms with Gasteiger partial charge in [-0.2, -0.15) is 0 Å². The number of phenolic OH excluding ortho intramolecular Hbond substituents is 1. The molecule has 4 nitrogen and oxygen atoms in total. The van der Waals surface area contributed by atoms with Crippen molar-refractivity contribution in [2.45, 2.75) is 40.2 Å². The molecule has 0 aromatic heterocycles. The van der Waals surface area contributed by atoms with E-state index in [9.17, 15) is 9.90 Å². The van der Waals surface area contributed by atoms with Crippen LogP contribution in [0.5, 0.6) is 5.75 Å². The molecule has 1 unspecified atom stereocenters. The Labute approximate surface area is 108 Å². The summed E-state index contributed by atoms with van der Waals surface area (Å²) < 4.78 is 0. The topological polar surface area (TPSA) is 61.4 Å². The van der Waals surface area contributed by atoms with E-state index in [1.807, 2.05) is 33.8 Å². The molecule has 0 radical (unpaired) electrons. The first kappa shape index (κ1) is 14.5. The molecule has 0 aliphatic heterocycles. The van der Waals surface area contributed by atoms with Crippen LogP contribution in [-0.2, 0) is 4.79 Å². The second-order valence-electron chi connectivity index (χ2n) is 4.69. The molecule has 0 aliphatic rings. The Hall–Kier alpha value is -1.55. The van der Waals surface area contributed by atoms with Gasteiger partial charge in [0.15, 0.2) is 0 Å². The highest BCUT2D eigenvalue weighted by molar-refractivity contribution is 5.92. The van der Waals surface area contributed by atoms with Gasteiger partial charge in [0, 0.05) is 12.5 Å². The van der Waals surface area contributed by atoms with Crippen molar-refractivity contribution in [1.82, 2.24) is 5.32 Å². The van der Waals surface area contributed by atoms with Gasteiger partial charge in [0.2, 0.25) is 5.91 Å². The van der Waals surface area contributed by atoms with Gasteiger partial charge in [-0.05, 0) is 44.5 Å². The van der Waals surface area contributed by atoms with E-state index in [4.69, 9.17) is 0 Å². The smallest absolute Gasteiger partial charge is 0.226 e. The van der Waals surface area contributed by atoms with Crippen molar-refractivity contribution < 1.29 is 9.90 Å². The molecule has 3 N–H and O–H groups in total. The monoisotopic (exact) mass is 250 g/mol. The third-order valence-electron chi connectivity index (χ3n) is 2.76. The van der Waals surface area contributed by atoms with Crippen LogP contribution in [-0.4, -0.2) is 23.6 Å². The number of anilines is 1. The van der Waals surface area contributed by atoms with E-state index in [2.05, 4.69) is 10.6 Å². The fourth-order valence-electron chi connectivity index (χ4n) is 1.96. The quantitative estimate of drug-likeness (QED) is 0.703. The normalized spacial score (nSPS) is 12.2. The summed E-state index contributed by atoms with van der Waals surface area (Å²) in [5.41, 5.74) is 2.27. The SMILES string of the molecule is CCNC(C)CC(=O)Nc1cc(C)cc(C)c1O. The van der Waals surface area contributed by atoms with Crippen molar-refractivity contribution in [1.29, 1.82) is 0 Å². The summed E-state index contributed by atoms with van der Waals surface area (Å²) in [6.45, 7) is 8.56. The van der Waals surface area contributed by atoms with Crippen LogP contribution in [0.15, 0.2) is 12.1 Å². The predicted molar refractivity (Wildman–Crippen MR) is 74.0 cm³/mol. The number of nitrogens with one attached hydrogen (secondary N) is 2. The van der Waals surface area contributed by atoms with Crippen LogP contribution in [0.25, 0.3) is 0 Å². The average Bonchev–Trinajstić information content (AvgIpc) is 2.25. The number of rotatable bonds is 5. The van der Waals surface area contributed by atoms with Crippen molar-refractivity contribution in [2.75, 3.05) is 11.9 Å². The van der Waals surface area contributed by atoms with Crippen molar-refractivity contribution >= 4 is 11.6 Å². The summed E-state index contributed by atoms with van der Waals surface area (Å²) in [7, 11) is 0. The highest BCUT2D eigenvalue weighted by Gasteiger charge is 2.11. The maximum atomic E-state index is 11.8. The third kappa shape index (κ3) is 4.04. The third-order valence-corrected chi connectivity index (χ3v) is 2.76. The zero-order chi connectivity index (χ0) is 13.7. The lowest BCUT2D eigenvalue weighted by atomic mass is 10.1. The van der Waals surface area contributed by atoms with Gasteiger partial charge in [-0.15, -0.1) is 0 Å². The van der Waals surface area contributed by atoms with Gasteiger partial charge >= 0.3 is 0 Å². The fraction of sp³-hybridized carbons (Fsp3) is 0.500. The van der Waals surface area contributed by atoms with E-state index in [0.717, 1.165) is 17.7 Å². The number of carbonyl (C=O) groups is 1. The molecule has 0 saturated carbocycles. The zero-order valence-corrected chi connectivity index (χ0v) is 11.5. The summed E-state index contributed by atoms with van der Waals surface area (Å²) in [4.78, 5) is 11.8. The first-order valence-electron chi connectivity index (χ1n) is 6.27. The Bertz CT molecular complexity index is 430. The van der Waals surface area contributed by atoms with Crippen LogP contribution in [0.4, 0.5) is 5.69 Å². The van der Waals surface area contributed by atoms with Crippen molar-refractivity contribution in [3.63, 3.8) is 0 Å². The number of benzene rings is 1. The molecule has 0 fully saturated rings. The molecule has 0 heterocycles. The Kier molecular flexibility index (Phi) is 5.16. The van der Waals surface area contributed by atoms with E-state index in [1.165, 1.54) is 0 Å². The highest BCUT2D eigenvalue weighted by Crippen LogP contribution is 2.28. The summed E-state index contributed by atoms with van der Waals surface area (Å²) in [6, 6.07) is 3.78. The van der Waals surface area contributed by atoms with Crippen LogP contribution in [0.2, 0.25) is 0 Å². The first-order chi connectivity index (χ1) is 8.43.